The van der Waals surface area contributed by atoms with Gasteiger partial charge < -0.3 is 4.90 Å². The van der Waals surface area contributed by atoms with Gasteiger partial charge in [0.05, 0.1) is 18.4 Å². The zero-order valence-corrected chi connectivity index (χ0v) is 12.5. The Morgan fingerprint density at radius 3 is 2.67 bits per heavy atom. The summed E-state index contributed by atoms with van der Waals surface area (Å²) in [5.74, 6) is -0.0580. The Morgan fingerprint density at radius 1 is 1.24 bits per heavy atom. The van der Waals surface area contributed by atoms with Crippen molar-refractivity contribution in [2.45, 2.75) is 20.3 Å². The summed E-state index contributed by atoms with van der Waals surface area (Å²) in [6.07, 6.45) is 0.382. The second-order valence-corrected chi connectivity index (χ2v) is 5.28. The molecule has 0 saturated carbocycles. The number of nitriles is 1. The average Bonchev–Trinajstić information content (AvgIpc) is 2.52. The molecule has 3 nitrogen and oxygen atoms in total. The largest absolute Gasteiger partial charge is 0.341 e. The summed E-state index contributed by atoms with van der Waals surface area (Å²) in [5.41, 5.74) is 1.04. The zero-order chi connectivity index (χ0) is 15.2. The molecule has 0 aromatic heterocycles. The highest BCUT2D eigenvalue weighted by atomic mass is 16.2. The summed E-state index contributed by atoms with van der Waals surface area (Å²) in [6.45, 7) is 4.92. The number of rotatable bonds is 5. The highest BCUT2D eigenvalue weighted by Gasteiger charge is 2.16. The van der Waals surface area contributed by atoms with Crippen molar-refractivity contribution in [3.05, 3.63) is 48.0 Å². The van der Waals surface area contributed by atoms with Crippen molar-refractivity contribution in [2.75, 3.05) is 13.1 Å². The van der Waals surface area contributed by atoms with E-state index in [0.29, 0.717) is 19.5 Å². The molecule has 2 aromatic carbocycles. The number of hydrogen-bond donors (Lipinski definition) is 0. The quantitative estimate of drug-likeness (QED) is 0.842. The first-order chi connectivity index (χ1) is 10.2. The number of likely N-dealkylation sites (N-methyl/N-ethyl adjacent to an activating group) is 1. The predicted molar refractivity (Wildman–Crippen MR) is 84.7 cm³/mol. The lowest BCUT2D eigenvalue weighted by molar-refractivity contribution is -0.130. The fourth-order valence-electron chi connectivity index (χ4n) is 2.50. The van der Waals surface area contributed by atoms with Crippen LogP contribution in [0.2, 0.25) is 0 Å². The fraction of sp³-hybridized carbons (Fsp3) is 0.333. The maximum atomic E-state index is 12.5. The van der Waals surface area contributed by atoms with Crippen molar-refractivity contribution in [1.82, 2.24) is 4.90 Å². The normalized spacial score (nSPS) is 11.9. The Morgan fingerprint density at radius 2 is 1.95 bits per heavy atom. The Kier molecular flexibility index (Phi) is 4.94. The van der Waals surface area contributed by atoms with Gasteiger partial charge in [0.2, 0.25) is 5.91 Å². The summed E-state index contributed by atoms with van der Waals surface area (Å²) < 4.78 is 0. The van der Waals surface area contributed by atoms with Gasteiger partial charge in [0, 0.05) is 13.1 Å². The van der Waals surface area contributed by atoms with Crippen LogP contribution in [0.5, 0.6) is 0 Å². The van der Waals surface area contributed by atoms with Gasteiger partial charge in [-0.25, -0.2) is 0 Å². The molecule has 0 N–H and O–H groups in total. The van der Waals surface area contributed by atoms with E-state index in [-0.39, 0.29) is 11.8 Å². The van der Waals surface area contributed by atoms with Crippen LogP contribution >= 0.6 is 0 Å². The molecule has 1 atom stereocenters. The number of carbonyl (C=O) groups excluding carboxylic acids is 1. The lowest BCUT2D eigenvalue weighted by atomic mass is 10.0. The summed E-state index contributed by atoms with van der Waals surface area (Å²) in [5, 5.41) is 11.2. The van der Waals surface area contributed by atoms with Crippen LogP contribution in [0.4, 0.5) is 0 Å². The van der Waals surface area contributed by atoms with Gasteiger partial charge in [0.1, 0.15) is 0 Å². The number of carbonyl (C=O) groups is 1. The van der Waals surface area contributed by atoms with E-state index in [1.807, 2.05) is 44.2 Å². The monoisotopic (exact) mass is 280 g/mol. The van der Waals surface area contributed by atoms with Crippen LogP contribution in [0, 0.1) is 17.2 Å². The van der Waals surface area contributed by atoms with Crippen molar-refractivity contribution in [3.8, 4) is 6.07 Å². The molecule has 2 aromatic rings. The Labute approximate surface area is 125 Å². The molecule has 108 valence electrons. The molecule has 0 aliphatic carbocycles. The van der Waals surface area contributed by atoms with Gasteiger partial charge in [0.25, 0.3) is 0 Å². The van der Waals surface area contributed by atoms with Crippen molar-refractivity contribution in [2.24, 2.45) is 5.92 Å². The van der Waals surface area contributed by atoms with Crippen LogP contribution in [0.1, 0.15) is 19.4 Å². The molecule has 0 aliphatic heterocycles. The summed E-state index contributed by atoms with van der Waals surface area (Å²) >= 11 is 0. The average molecular weight is 280 g/mol. The van der Waals surface area contributed by atoms with Crippen LogP contribution in [-0.2, 0) is 11.2 Å². The van der Waals surface area contributed by atoms with Gasteiger partial charge >= 0.3 is 0 Å². The predicted octanol–water partition coefficient (Wildman–Crippen LogP) is 3.39. The van der Waals surface area contributed by atoms with Crippen LogP contribution in [0.25, 0.3) is 10.8 Å². The first-order valence-electron chi connectivity index (χ1n) is 7.29. The molecule has 2 rings (SSSR count). The van der Waals surface area contributed by atoms with Crippen molar-refractivity contribution >= 4 is 16.7 Å². The SMILES string of the molecule is CCN(C[C@@H](C)C#N)C(=O)Cc1cccc2ccccc12. The Bertz CT molecular complexity index is 667. The van der Waals surface area contributed by atoms with Gasteiger partial charge in [-0.2, -0.15) is 5.26 Å². The lowest BCUT2D eigenvalue weighted by Gasteiger charge is -2.22. The van der Waals surface area contributed by atoms with E-state index in [1.165, 1.54) is 0 Å². The second kappa shape index (κ2) is 6.90. The van der Waals surface area contributed by atoms with Crippen LogP contribution in [0.15, 0.2) is 42.5 Å². The lowest BCUT2D eigenvalue weighted by Crippen LogP contribution is -2.35. The third kappa shape index (κ3) is 3.61. The highest BCUT2D eigenvalue weighted by molar-refractivity contribution is 5.90. The van der Waals surface area contributed by atoms with Crippen LogP contribution in [0.3, 0.4) is 0 Å². The molecule has 3 heteroatoms. The van der Waals surface area contributed by atoms with E-state index in [0.717, 1.165) is 16.3 Å². The van der Waals surface area contributed by atoms with Gasteiger partial charge in [0.15, 0.2) is 0 Å². The van der Waals surface area contributed by atoms with Gasteiger partial charge in [-0.05, 0) is 30.2 Å². The number of hydrogen-bond acceptors (Lipinski definition) is 2. The number of amides is 1. The molecule has 0 radical (unpaired) electrons. The third-order valence-electron chi connectivity index (χ3n) is 3.67. The first-order valence-corrected chi connectivity index (χ1v) is 7.29. The van der Waals surface area contributed by atoms with Gasteiger partial charge in [-0.15, -0.1) is 0 Å². The maximum absolute atomic E-state index is 12.5. The van der Waals surface area contributed by atoms with Gasteiger partial charge in [-0.1, -0.05) is 42.5 Å². The Balaban J connectivity index is 2.19. The number of fused-ring (bicyclic) bond motifs is 1. The molecule has 0 fully saturated rings. The standard InChI is InChI=1S/C18H20N2O/c1-3-20(13-14(2)12-19)18(21)11-16-9-6-8-15-7-4-5-10-17(15)16/h4-10,14H,3,11,13H2,1-2H3/t14-/m0/s1. The van der Waals surface area contributed by atoms with E-state index < -0.39 is 0 Å². The molecule has 0 saturated heterocycles. The van der Waals surface area contributed by atoms with E-state index in [4.69, 9.17) is 5.26 Å². The van der Waals surface area contributed by atoms with Crippen molar-refractivity contribution < 1.29 is 4.79 Å². The summed E-state index contributed by atoms with van der Waals surface area (Å²) in [7, 11) is 0. The summed E-state index contributed by atoms with van der Waals surface area (Å²) in [6, 6.07) is 16.3. The van der Waals surface area contributed by atoms with E-state index in [9.17, 15) is 4.79 Å². The van der Waals surface area contributed by atoms with E-state index in [1.54, 1.807) is 4.90 Å². The summed E-state index contributed by atoms with van der Waals surface area (Å²) in [4.78, 5) is 14.2. The minimum absolute atomic E-state index is 0.0796. The van der Waals surface area contributed by atoms with Crippen molar-refractivity contribution in [3.63, 3.8) is 0 Å². The molecule has 0 spiro atoms. The molecular formula is C18H20N2O. The molecule has 0 unspecified atom stereocenters. The first kappa shape index (κ1) is 15.1. The molecular weight excluding hydrogens is 260 g/mol. The third-order valence-corrected chi connectivity index (χ3v) is 3.67. The second-order valence-electron chi connectivity index (χ2n) is 5.28. The number of benzene rings is 2. The Hall–Kier alpha value is -2.34. The molecule has 21 heavy (non-hydrogen) atoms. The van der Waals surface area contributed by atoms with Gasteiger partial charge in [-0.3, -0.25) is 4.79 Å². The topological polar surface area (TPSA) is 44.1 Å². The highest BCUT2D eigenvalue weighted by Crippen LogP contribution is 2.19. The molecule has 0 bridgehead atoms. The van der Waals surface area contributed by atoms with E-state index >= 15 is 0 Å². The number of nitrogens with zero attached hydrogens (tertiary/aromatic N) is 2. The zero-order valence-electron chi connectivity index (χ0n) is 12.5. The van der Waals surface area contributed by atoms with Crippen LogP contribution in [-0.4, -0.2) is 23.9 Å². The molecule has 0 heterocycles. The van der Waals surface area contributed by atoms with E-state index in [2.05, 4.69) is 18.2 Å². The minimum Gasteiger partial charge on any atom is -0.341 e. The minimum atomic E-state index is -0.138. The van der Waals surface area contributed by atoms with Crippen LogP contribution < -0.4 is 0 Å². The van der Waals surface area contributed by atoms with Crippen molar-refractivity contribution in [1.29, 1.82) is 5.26 Å². The maximum Gasteiger partial charge on any atom is 0.227 e. The fourth-order valence-corrected chi connectivity index (χ4v) is 2.50. The molecule has 1 amide bonds. The smallest absolute Gasteiger partial charge is 0.227 e. The molecule has 0 aliphatic rings.